The molecule has 32 heavy (non-hydrogen) atoms. The van der Waals surface area contributed by atoms with Gasteiger partial charge in [-0.3, -0.25) is 4.79 Å². The van der Waals surface area contributed by atoms with Gasteiger partial charge in [0, 0.05) is 56.4 Å². The maximum Gasteiger partial charge on any atom is 0.318 e. The zero-order valence-electron chi connectivity index (χ0n) is 17.9. The lowest BCUT2D eigenvalue weighted by molar-refractivity contribution is -0.136. The van der Waals surface area contributed by atoms with Gasteiger partial charge in [-0.05, 0) is 49.2 Å². The Kier molecular flexibility index (Phi) is 5.75. The largest absolute Gasteiger partial charge is 0.403 e. The fourth-order valence-electron chi connectivity index (χ4n) is 4.45. The average Bonchev–Trinajstić information content (AvgIpc) is 3.35. The van der Waals surface area contributed by atoms with Crippen molar-refractivity contribution in [2.24, 2.45) is 5.92 Å². The molecule has 0 unspecified atom stereocenters. The Hall–Kier alpha value is -3.42. The molecule has 2 saturated heterocycles. The lowest BCUT2D eigenvalue weighted by atomic mass is 9.95. The number of hydrogen-bond donors (Lipinski definition) is 0. The van der Waals surface area contributed by atoms with Crippen LogP contribution in [0.4, 0.5) is 16.1 Å². The van der Waals surface area contributed by atoms with Gasteiger partial charge in [-0.2, -0.15) is 0 Å². The molecule has 0 atom stereocenters. The number of piperidine rings is 1. The van der Waals surface area contributed by atoms with Crippen LogP contribution < -0.4 is 9.80 Å². The summed E-state index contributed by atoms with van der Waals surface area (Å²) in [6.45, 7) is 4.37. The van der Waals surface area contributed by atoms with Crippen molar-refractivity contribution < 1.29 is 13.6 Å². The number of amides is 1. The van der Waals surface area contributed by atoms with Gasteiger partial charge in [0.05, 0.1) is 0 Å². The number of aromatic nitrogens is 2. The number of benzene rings is 2. The molecule has 3 aromatic rings. The SMILES string of the molecule is O=C(C1CCN(c2nnc(-c3ccccc3)o2)CC1)N1CCN(c2ccc(F)cc2)CC1. The second-order valence-corrected chi connectivity index (χ2v) is 8.31. The fraction of sp³-hybridized carbons (Fsp3) is 0.375. The van der Waals surface area contributed by atoms with E-state index in [1.807, 2.05) is 35.2 Å². The third-order valence-corrected chi connectivity index (χ3v) is 6.33. The molecular formula is C24H26FN5O2. The molecule has 7 nitrogen and oxygen atoms in total. The van der Waals surface area contributed by atoms with Gasteiger partial charge in [-0.25, -0.2) is 4.39 Å². The van der Waals surface area contributed by atoms with Crippen LogP contribution in [0, 0.1) is 11.7 Å². The lowest BCUT2D eigenvalue weighted by Gasteiger charge is -2.39. The Morgan fingerprint density at radius 1 is 0.844 bits per heavy atom. The summed E-state index contributed by atoms with van der Waals surface area (Å²) in [7, 11) is 0. The first-order valence-electron chi connectivity index (χ1n) is 11.1. The molecule has 2 aliphatic rings. The van der Waals surface area contributed by atoms with E-state index < -0.39 is 0 Å². The van der Waals surface area contributed by atoms with E-state index in [1.165, 1.54) is 12.1 Å². The van der Waals surface area contributed by atoms with E-state index in [-0.39, 0.29) is 17.6 Å². The Morgan fingerprint density at radius 3 is 2.22 bits per heavy atom. The number of piperazine rings is 1. The molecule has 2 aliphatic heterocycles. The highest BCUT2D eigenvalue weighted by Crippen LogP contribution is 2.27. The number of anilines is 2. The summed E-state index contributed by atoms with van der Waals surface area (Å²) in [5, 5.41) is 8.37. The van der Waals surface area contributed by atoms with E-state index >= 15 is 0 Å². The van der Waals surface area contributed by atoms with Crippen LogP contribution in [0.1, 0.15) is 12.8 Å². The molecule has 2 aromatic carbocycles. The topological polar surface area (TPSA) is 65.7 Å². The van der Waals surface area contributed by atoms with Gasteiger partial charge in [0.25, 0.3) is 0 Å². The minimum Gasteiger partial charge on any atom is -0.403 e. The molecule has 1 aromatic heterocycles. The van der Waals surface area contributed by atoms with Crippen LogP contribution in [-0.4, -0.2) is 60.3 Å². The smallest absolute Gasteiger partial charge is 0.318 e. The van der Waals surface area contributed by atoms with Gasteiger partial charge in [0.1, 0.15) is 5.82 Å². The summed E-state index contributed by atoms with van der Waals surface area (Å²) in [6.07, 6.45) is 1.56. The number of hydrogen-bond acceptors (Lipinski definition) is 6. The molecule has 0 radical (unpaired) electrons. The van der Waals surface area contributed by atoms with Crippen molar-refractivity contribution in [1.82, 2.24) is 15.1 Å². The molecule has 0 saturated carbocycles. The Bertz CT molecular complexity index is 1040. The summed E-state index contributed by atoms with van der Waals surface area (Å²) >= 11 is 0. The molecule has 0 bridgehead atoms. The Labute approximate surface area is 186 Å². The molecule has 0 aliphatic carbocycles. The molecule has 2 fully saturated rings. The fourth-order valence-corrected chi connectivity index (χ4v) is 4.45. The van der Waals surface area contributed by atoms with Gasteiger partial charge in [-0.1, -0.05) is 23.3 Å². The van der Waals surface area contributed by atoms with Crippen molar-refractivity contribution in [2.45, 2.75) is 12.8 Å². The van der Waals surface area contributed by atoms with Crippen LogP contribution in [0.5, 0.6) is 0 Å². The van der Waals surface area contributed by atoms with Crippen LogP contribution in [0.15, 0.2) is 59.0 Å². The number of nitrogens with zero attached hydrogens (tertiary/aromatic N) is 5. The zero-order valence-corrected chi connectivity index (χ0v) is 17.9. The first-order valence-corrected chi connectivity index (χ1v) is 11.1. The van der Waals surface area contributed by atoms with E-state index in [0.29, 0.717) is 25.0 Å². The van der Waals surface area contributed by atoms with Crippen LogP contribution in [-0.2, 0) is 4.79 Å². The highest BCUT2D eigenvalue weighted by molar-refractivity contribution is 5.79. The van der Waals surface area contributed by atoms with E-state index in [0.717, 1.165) is 50.3 Å². The van der Waals surface area contributed by atoms with Crippen molar-refractivity contribution >= 4 is 17.6 Å². The third-order valence-electron chi connectivity index (χ3n) is 6.33. The molecule has 3 heterocycles. The van der Waals surface area contributed by atoms with Crippen LogP contribution in [0.25, 0.3) is 11.5 Å². The average molecular weight is 436 g/mol. The highest BCUT2D eigenvalue weighted by atomic mass is 19.1. The van der Waals surface area contributed by atoms with Crippen LogP contribution >= 0.6 is 0 Å². The standard InChI is InChI=1S/C24H26FN5O2/c25-20-6-8-21(9-7-20)28-14-16-29(17-15-28)23(31)19-10-12-30(13-11-19)24-27-26-22(32-24)18-4-2-1-3-5-18/h1-9,19H,10-17H2. The minimum atomic E-state index is -0.231. The monoisotopic (exact) mass is 435 g/mol. The molecule has 8 heteroatoms. The number of carbonyl (C=O) groups is 1. The quantitative estimate of drug-likeness (QED) is 0.626. The first kappa shape index (κ1) is 20.5. The van der Waals surface area contributed by atoms with Gasteiger partial charge in [0.2, 0.25) is 11.8 Å². The zero-order chi connectivity index (χ0) is 21.9. The first-order chi connectivity index (χ1) is 15.7. The van der Waals surface area contributed by atoms with Crippen molar-refractivity contribution in [3.63, 3.8) is 0 Å². The molecule has 1 amide bonds. The summed E-state index contributed by atoms with van der Waals surface area (Å²) in [5.74, 6) is 0.544. The van der Waals surface area contributed by atoms with E-state index in [4.69, 9.17) is 4.42 Å². The van der Waals surface area contributed by atoms with Crippen molar-refractivity contribution in [2.75, 3.05) is 49.1 Å². The van der Waals surface area contributed by atoms with Crippen molar-refractivity contribution in [1.29, 1.82) is 0 Å². The summed E-state index contributed by atoms with van der Waals surface area (Å²) in [4.78, 5) is 19.3. The van der Waals surface area contributed by atoms with E-state index in [2.05, 4.69) is 20.0 Å². The Balaban J connectivity index is 1.13. The highest BCUT2D eigenvalue weighted by Gasteiger charge is 2.31. The van der Waals surface area contributed by atoms with Gasteiger partial charge in [-0.15, -0.1) is 5.10 Å². The number of rotatable bonds is 4. The normalized spacial score (nSPS) is 17.6. The number of halogens is 1. The van der Waals surface area contributed by atoms with Crippen LogP contribution in [0.2, 0.25) is 0 Å². The van der Waals surface area contributed by atoms with Crippen molar-refractivity contribution in [3.05, 3.63) is 60.4 Å². The molecular weight excluding hydrogens is 409 g/mol. The number of carbonyl (C=O) groups excluding carboxylic acids is 1. The minimum absolute atomic E-state index is 0.0279. The second kappa shape index (κ2) is 8.98. The lowest BCUT2D eigenvalue weighted by Crippen LogP contribution is -2.51. The molecule has 5 rings (SSSR count). The predicted molar refractivity (Wildman–Crippen MR) is 120 cm³/mol. The van der Waals surface area contributed by atoms with E-state index in [9.17, 15) is 9.18 Å². The molecule has 0 N–H and O–H groups in total. The van der Waals surface area contributed by atoms with Crippen LogP contribution in [0.3, 0.4) is 0 Å². The maximum atomic E-state index is 13.2. The third kappa shape index (κ3) is 4.30. The van der Waals surface area contributed by atoms with Gasteiger partial charge >= 0.3 is 6.01 Å². The summed E-state index contributed by atoms with van der Waals surface area (Å²) < 4.78 is 19.0. The summed E-state index contributed by atoms with van der Waals surface area (Å²) in [5.41, 5.74) is 1.90. The van der Waals surface area contributed by atoms with Gasteiger partial charge in [0.15, 0.2) is 0 Å². The van der Waals surface area contributed by atoms with E-state index in [1.54, 1.807) is 12.1 Å². The maximum absolute atomic E-state index is 13.2. The summed E-state index contributed by atoms with van der Waals surface area (Å²) in [6, 6.07) is 16.8. The molecule has 0 spiro atoms. The predicted octanol–water partition coefficient (Wildman–Crippen LogP) is 3.44. The molecule has 166 valence electrons. The van der Waals surface area contributed by atoms with Gasteiger partial charge < -0.3 is 19.1 Å². The van der Waals surface area contributed by atoms with Crippen molar-refractivity contribution in [3.8, 4) is 11.5 Å². The second-order valence-electron chi connectivity index (χ2n) is 8.31. The Morgan fingerprint density at radius 2 is 1.53 bits per heavy atom.